The van der Waals surface area contributed by atoms with Gasteiger partial charge in [-0.1, -0.05) is 6.07 Å². The number of rotatable bonds is 4. The zero-order valence-corrected chi connectivity index (χ0v) is 17.9. The van der Waals surface area contributed by atoms with Crippen LogP contribution in [0.4, 0.5) is 5.82 Å². The van der Waals surface area contributed by atoms with Gasteiger partial charge in [-0.05, 0) is 61.8 Å². The van der Waals surface area contributed by atoms with Crippen LogP contribution < -0.4 is 10.9 Å². The summed E-state index contributed by atoms with van der Waals surface area (Å²) in [5.41, 5.74) is 4.88. The van der Waals surface area contributed by atoms with Gasteiger partial charge in [0.05, 0.1) is 5.69 Å². The number of anilines is 1. The second-order valence-electron chi connectivity index (χ2n) is 8.79. The zero-order valence-electron chi connectivity index (χ0n) is 17.9. The van der Waals surface area contributed by atoms with Gasteiger partial charge in [0.1, 0.15) is 11.3 Å². The second-order valence-corrected chi connectivity index (χ2v) is 8.79. The predicted octanol–water partition coefficient (Wildman–Crippen LogP) is 3.59. The molecule has 8 nitrogen and oxygen atoms in total. The third-order valence-electron chi connectivity index (χ3n) is 6.48. The second kappa shape index (κ2) is 7.19. The number of pyridine rings is 2. The average Bonchev–Trinajstić information content (AvgIpc) is 3.35. The number of nitrogens with zero attached hydrogens (tertiary/aromatic N) is 4. The highest BCUT2D eigenvalue weighted by Crippen LogP contribution is 2.45. The molecule has 5 heterocycles. The van der Waals surface area contributed by atoms with E-state index in [9.17, 15) is 9.59 Å². The molecule has 0 spiro atoms. The Hall–Kier alpha value is -3.68. The molecule has 1 aliphatic heterocycles. The summed E-state index contributed by atoms with van der Waals surface area (Å²) in [5, 5.41) is 8.24. The van der Waals surface area contributed by atoms with Gasteiger partial charge in [-0.15, -0.1) is 0 Å². The highest BCUT2D eigenvalue weighted by atomic mass is 16.2. The molecule has 32 heavy (non-hydrogen) atoms. The first kappa shape index (κ1) is 19.0. The summed E-state index contributed by atoms with van der Waals surface area (Å²) in [5.74, 6) is 0.697. The van der Waals surface area contributed by atoms with Crippen LogP contribution in [-0.4, -0.2) is 30.2 Å². The van der Waals surface area contributed by atoms with E-state index >= 15 is 0 Å². The lowest BCUT2D eigenvalue weighted by Crippen LogP contribution is -2.17. The Labute approximate surface area is 184 Å². The number of amides is 1. The predicted molar refractivity (Wildman–Crippen MR) is 122 cm³/mol. The zero-order chi connectivity index (χ0) is 21.8. The van der Waals surface area contributed by atoms with Crippen molar-refractivity contribution >= 4 is 22.6 Å². The number of aromatic nitrogens is 5. The van der Waals surface area contributed by atoms with Crippen LogP contribution in [0.5, 0.6) is 0 Å². The first-order chi connectivity index (χ1) is 15.6. The molecule has 0 aromatic carbocycles. The lowest BCUT2D eigenvalue weighted by molar-refractivity contribution is 0.102. The minimum Gasteiger partial charge on any atom is -0.357 e. The monoisotopic (exact) mass is 428 g/mol. The number of fused-ring (bicyclic) bond motifs is 2. The smallest absolute Gasteiger partial charge is 0.277 e. The van der Waals surface area contributed by atoms with Crippen molar-refractivity contribution in [2.45, 2.75) is 44.6 Å². The van der Waals surface area contributed by atoms with Crippen molar-refractivity contribution in [3.05, 3.63) is 64.0 Å². The standard InChI is InChI=1S/C24H24N6O2/c1-29-13-18(17-9-10-25-22(17)24(29)32)21-16(14-5-6-14)7-8-20(26-21)27-23(31)19-12-15-4-2-3-11-30(15)28-19/h7-10,12-14,25H,2-6,11H2,1H3,(H,26,27,31). The van der Waals surface area contributed by atoms with Crippen molar-refractivity contribution in [2.75, 3.05) is 5.32 Å². The van der Waals surface area contributed by atoms with Crippen LogP contribution in [0.3, 0.4) is 0 Å². The van der Waals surface area contributed by atoms with Gasteiger partial charge in [0.25, 0.3) is 11.5 Å². The molecule has 162 valence electrons. The molecule has 1 aliphatic carbocycles. The molecular formula is C24H24N6O2. The SMILES string of the molecule is Cn1cc(-c2nc(NC(=O)c3cc4n(n3)CCCC4)ccc2C2CC2)c2cc[nH]c2c1=O. The minimum absolute atomic E-state index is 0.0741. The summed E-state index contributed by atoms with van der Waals surface area (Å²) < 4.78 is 3.51. The van der Waals surface area contributed by atoms with Gasteiger partial charge in [-0.25, -0.2) is 4.98 Å². The van der Waals surface area contributed by atoms with Gasteiger partial charge in [0.15, 0.2) is 5.69 Å². The summed E-state index contributed by atoms with van der Waals surface area (Å²) >= 11 is 0. The molecule has 1 amide bonds. The number of hydrogen-bond donors (Lipinski definition) is 2. The number of carbonyl (C=O) groups is 1. The van der Waals surface area contributed by atoms with Gasteiger partial charge in [0.2, 0.25) is 0 Å². The van der Waals surface area contributed by atoms with Crippen molar-refractivity contribution in [3.63, 3.8) is 0 Å². The quantitative estimate of drug-likeness (QED) is 0.519. The van der Waals surface area contributed by atoms with Crippen LogP contribution in [0, 0.1) is 0 Å². The van der Waals surface area contributed by atoms with Gasteiger partial charge in [-0.2, -0.15) is 5.10 Å². The van der Waals surface area contributed by atoms with E-state index in [-0.39, 0.29) is 11.5 Å². The Bertz CT molecular complexity index is 1400. The molecule has 0 saturated heterocycles. The third kappa shape index (κ3) is 3.14. The molecule has 4 aromatic rings. The van der Waals surface area contributed by atoms with E-state index < -0.39 is 0 Å². The van der Waals surface area contributed by atoms with Crippen LogP contribution in [0.2, 0.25) is 0 Å². The van der Waals surface area contributed by atoms with Crippen molar-refractivity contribution in [1.29, 1.82) is 0 Å². The number of hydrogen-bond acceptors (Lipinski definition) is 4. The lowest BCUT2D eigenvalue weighted by atomic mass is 10.0. The number of carbonyl (C=O) groups excluding carboxylic acids is 1. The molecule has 1 fully saturated rings. The van der Waals surface area contributed by atoms with Gasteiger partial charge >= 0.3 is 0 Å². The molecular weight excluding hydrogens is 404 g/mol. The fraction of sp³-hybridized carbons (Fsp3) is 0.333. The van der Waals surface area contributed by atoms with E-state index in [0.29, 0.717) is 22.9 Å². The van der Waals surface area contributed by atoms with Crippen molar-refractivity contribution < 1.29 is 4.79 Å². The first-order valence-electron chi connectivity index (χ1n) is 11.1. The topological polar surface area (TPSA) is 97.6 Å². The summed E-state index contributed by atoms with van der Waals surface area (Å²) in [7, 11) is 1.75. The Morgan fingerprint density at radius 1 is 1.22 bits per heavy atom. The van der Waals surface area contributed by atoms with E-state index in [4.69, 9.17) is 4.98 Å². The summed E-state index contributed by atoms with van der Waals surface area (Å²) in [6.45, 7) is 0.862. The Morgan fingerprint density at radius 2 is 2.09 bits per heavy atom. The highest BCUT2D eigenvalue weighted by Gasteiger charge is 2.29. The maximum atomic E-state index is 12.9. The van der Waals surface area contributed by atoms with Crippen LogP contribution in [0.25, 0.3) is 22.2 Å². The Morgan fingerprint density at radius 3 is 2.91 bits per heavy atom. The van der Waals surface area contributed by atoms with Crippen molar-refractivity contribution in [1.82, 2.24) is 24.3 Å². The molecule has 6 rings (SSSR count). The van der Waals surface area contributed by atoms with Gasteiger partial charge in [0, 0.05) is 42.6 Å². The average molecular weight is 428 g/mol. The van der Waals surface area contributed by atoms with E-state index in [2.05, 4.69) is 21.5 Å². The summed E-state index contributed by atoms with van der Waals surface area (Å²) in [6.07, 6.45) is 9.05. The highest BCUT2D eigenvalue weighted by molar-refractivity contribution is 6.03. The Kier molecular flexibility index (Phi) is 4.28. The number of H-pyrrole nitrogens is 1. The van der Waals surface area contributed by atoms with E-state index in [1.807, 2.05) is 29.1 Å². The lowest BCUT2D eigenvalue weighted by Gasteiger charge is -2.13. The molecule has 2 aliphatic rings. The fourth-order valence-electron chi connectivity index (χ4n) is 4.65. The van der Waals surface area contributed by atoms with Crippen LogP contribution in [0.15, 0.2) is 41.5 Å². The van der Waals surface area contributed by atoms with Gasteiger partial charge < -0.3 is 14.9 Å². The van der Waals surface area contributed by atoms with Crippen LogP contribution in [0.1, 0.15) is 53.3 Å². The van der Waals surface area contributed by atoms with Gasteiger partial charge in [-0.3, -0.25) is 14.3 Å². The minimum atomic E-state index is -0.253. The molecule has 0 atom stereocenters. The maximum Gasteiger partial charge on any atom is 0.277 e. The summed E-state index contributed by atoms with van der Waals surface area (Å²) in [4.78, 5) is 33.3. The van der Waals surface area contributed by atoms with Crippen molar-refractivity contribution in [3.8, 4) is 11.3 Å². The molecule has 0 bridgehead atoms. The molecule has 1 saturated carbocycles. The third-order valence-corrected chi connectivity index (χ3v) is 6.48. The van der Waals surface area contributed by atoms with E-state index in [0.717, 1.165) is 66.5 Å². The normalized spacial score (nSPS) is 15.7. The number of nitrogens with one attached hydrogen (secondary N) is 2. The number of aryl methyl sites for hydroxylation is 3. The first-order valence-corrected chi connectivity index (χ1v) is 11.1. The number of aromatic amines is 1. The largest absolute Gasteiger partial charge is 0.357 e. The van der Waals surface area contributed by atoms with Crippen LogP contribution in [-0.2, 0) is 20.0 Å². The molecule has 4 aromatic heterocycles. The molecule has 0 radical (unpaired) electrons. The molecule has 8 heteroatoms. The summed E-state index contributed by atoms with van der Waals surface area (Å²) in [6, 6.07) is 7.70. The molecule has 2 N–H and O–H groups in total. The van der Waals surface area contributed by atoms with E-state index in [1.165, 1.54) is 0 Å². The fourth-order valence-corrected chi connectivity index (χ4v) is 4.65. The maximum absolute atomic E-state index is 12.9. The Balaban J connectivity index is 1.40. The molecule has 0 unspecified atom stereocenters. The van der Waals surface area contributed by atoms with E-state index in [1.54, 1.807) is 17.8 Å². The van der Waals surface area contributed by atoms with Crippen LogP contribution >= 0.6 is 0 Å². The van der Waals surface area contributed by atoms with Crippen molar-refractivity contribution in [2.24, 2.45) is 7.05 Å².